The summed E-state index contributed by atoms with van der Waals surface area (Å²) in [5.74, 6) is -0.915. The number of hydrogen-bond donors (Lipinski definition) is 1. The molecule has 0 aliphatic rings. The monoisotopic (exact) mass is 345 g/mol. The van der Waals surface area contributed by atoms with Gasteiger partial charge in [0.1, 0.15) is 11.6 Å². The van der Waals surface area contributed by atoms with Crippen LogP contribution in [0.25, 0.3) is 0 Å². The van der Waals surface area contributed by atoms with Crippen LogP contribution in [0.2, 0.25) is 5.02 Å². The number of anilines is 1. The fraction of sp³-hybridized carbons (Fsp3) is 0.143. The Morgan fingerprint density at radius 2 is 1.89 bits per heavy atom. The first-order valence-electron chi connectivity index (χ1n) is 5.64. The van der Waals surface area contributed by atoms with Gasteiger partial charge in [-0.05, 0) is 43.3 Å². The molecule has 0 radical (unpaired) electrons. The van der Waals surface area contributed by atoms with Gasteiger partial charge in [0.2, 0.25) is 0 Å². The minimum absolute atomic E-state index is 0.263. The summed E-state index contributed by atoms with van der Waals surface area (Å²) in [5, 5.41) is 3.57. The van der Waals surface area contributed by atoms with Crippen molar-refractivity contribution in [2.75, 3.05) is 5.32 Å². The first kappa shape index (κ1) is 14.3. The van der Waals surface area contributed by atoms with E-state index < -0.39 is 17.7 Å². The minimum atomic E-state index is -0.466. The molecule has 0 fully saturated rings. The van der Waals surface area contributed by atoms with Crippen molar-refractivity contribution in [3.05, 3.63) is 63.1 Å². The van der Waals surface area contributed by atoms with E-state index in [0.29, 0.717) is 10.7 Å². The van der Waals surface area contributed by atoms with Crippen LogP contribution in [-0.2, 0) is 0 Å². The first-order valence-corrected chi connectivity index (χ1v) is 6.81. The molecule has 0 aromatic heterocycles. The maximum Gasteiger partial charge on any atom is 0.128 e. The Kier molecular flexibility index (Phi) is 4.42. The van der Waals surface area contributed by atoms with Crippen LogP contribution in [0.3, 0.4) is 0 Å². The summed E-state index contributed by atoms with van der Waals surface area (Å²) in [5.41, 5.74) is 0.931. The van der Waals surface area contributed by atoms with Crippen LogP contribution in [-0.4, -0.2) is 0 Å². The van der Waals surface area contributed by atoms with Crippen molar-refractivity contribution in [2.45, 2.75) is 13.0 Å². The molecule has 1 N–H and O–H groups in total. The van der Waals surface area contributed by atoms with Gasteiger partial charge in [0.25, 0.3) is 0 Å². The highest BCUT2D eigenvalue weighted by atomic mass is 79.9. The molecule has 1 unspecified atom stereocenters. The molecule has 0 aliphatic carbocycles. The van der Waals surface area contributed by atoms with E-state index in [4.69, 9.17) is 11.6 Å². The zero-order valence-corrected chi connectivity index (χ0v) is 12.4. The van der Waals surface area contributed by atoms with Crippen LogP contribution in [0.15, 0.2) is 40.9 Å². The second-order valence-corrected chi connectivity index (χ2v) is 5.48. The molecule has 2 rings (SSSR count). The van der Waals surface area contributed by atoms with E-state index in [1.807, 2.05) is 6.07 Å². The normalized spacial score (nSPS) is 12.3. The van der Waals surface area contributed by atoms with Crippen molar-refractivity contribution in [1.29, 1.82) is 0 Å². The zero-order chi connectivity index (χ0) is 14.0. The maximum atomic E-state index is 13.6. The smallest absolute Gasteiger partial charge is 0.128 e. The lowest BCUT2D eigenvalue weighted by atomic mass is 10.1. The van der Waals surface area contributed by atoms with Crippen LogP contribution < -0.4 is 5.32 Å². The van der Waals surface area contributed by atoms with Crippen molar-refractivity contribution >= 4 is 33.2 Å². The van der Waals surface area contributed by atoms with Crippen molar-refractivity contribution in [3.63, 3.8) is 0 Å². The number of benzene rings is 2. The van der Waals surface area contributed by atoms with Gasteiger partial charge in [0.05, 0.1) is 16.8 Å². The van der Waals surface area contributed by atoms with E-state index >= 15 is 0 Å². The molecule has 0 heterocycles. The van der Waals surface area contributed by atoms with Crippen LogP contribution in [0.1, 0.15) is 18.5 Å². The van der Waals surface area contributed by atoms with Gasteiger partial charge in [-0.3, -0.25) is 0 Å². The van der Waals surface area contributed by atoms with Crippen molar-refractivity contribution < 1.29 is 8.78 Å². The van der Waals surface area contributed by atoms with E-state index in [0.717, 1.165) is 16.6 Å². The van der Waals surface area contributed by atoms with Crippen LogP contribution in [0, 0.1) is 11.6 Å². The molecule has 0 bridgehead atoms. The molecule has 2 aromatic carbocycles. The fourth-order valence-corrected chi connectivity index (χ4v) is 2.49. The van der Waals surface area contributed by atoms with Crippen molar-refractivity contribution in [3.8, 4) is 0 Å². The van der Waals surface area contributed by atoms with Crippen LogP contribution >= 0.6 is 27.5 Å². The fourth-order valence-electron chi connectivity index (χ4n) is 1.76. The molecule has 0 aliphatic heterocycles. The van der Waals surface area contributed by atoms with Gasteiger partial charge < -0.3 is 5.32 Å². The Labute approximate surface area is 123 Å². The number of hydrogen-bond acceptors (Lipinski definition) is 1. The highest BCUT2D eigenvalue weighted by Gasteiger charge is 2.13. The van der Waals surface area contributed by atoms with Gasteiger partial charge >= 0.3 is 0 Å². The van der Waals surface area contributed by atoms with Crippen LogP contribution in [0.4, 0.5) is 14.5 Å². The van der Waals surface area contributed by atoms with E-state index in [-0.39, 0.29) is 5.56 Å². The standard InChI is InChI=1S/C14H11BrClF2N/c1-8(11-7-10(17)3-4-13(11)18)19-14-5-2-9(15)6-12(14)16/h2-8,19H,1H3. The Hall–Kier alpha value is -1.13. The summed E-state index contributed by atoms with van der Waals surface area (Å²) in [7, 11) is 0. The average Bonchev–Trinajstić information content (AvgIpc) is 2.35. The molecule has 100 valence electrons. The number of nitrogens with one attached hydrogen (secondary N) is 1. The molecule has 0 amide bonds. The summed E-state index contributed by atoms with van der Waals surface area (Å²) in [6, 6.07) is 8.33. The zero-order valence-electron chi connectivity index (χ0n) is 10.1. The molecule has 1 atom stereocenters. The maximum absolute atomic E-state index is 13.6. The molecule has 0 saturated heterocycles. The molecule has 0 saturated carbocycles. The lowest BCUT2D eigenvalue weighted by molar-refractivity contribution is 0.577. The predicted octanol–water partition coefficient (Wildman–Crippen LogP) is 5.55. The quantitative estimate of drug-likeness (QED) is 0.768. The highest BCUT2D eigenvalue weighted by Crippen LogP contribution is 2.29. The Bertz CT molecular complexity index is 604. The number of halogens is 4. The topological polar surface area (TPSA) is 12.0 Å². The molecular weight excluding hydrogens is 336 g/mol. The van der Waals surface area contributed by atoms with Crippen molar-refractivity contribution in [2.24, 2.45) is 0 Å². The van der Waals surface area contributed by atoms with Crippen molar-refractivity contribution in [1.82, 2.24) is 0 Å². The molecular formula is C14H11BrClF2N. The largest absolute Gasteiger partial charge is 0.377 e. The Morgan fingerprint density at radius 3 is 2.58 bits per heavy atom. The van der Waals surface area contributed by atoms with Gasteiger partial charge in [0.15, 0.2) is 0 Å². The molecule has 2 aromatic rings. The molecule has 19 heavy (non-hydrogen) atoms. The lowest BCUT2D eigenvalue weighted by Gasteiger charge is -2.17. The minimum Gasteiger partial charge on any atom is -0.377 e. The predicted molar refractivity (Wildman–Crippen MR) is 77.5 cm³/mol. The average molecular weight is 347 g/mol. The van der Waals surface area contributed by atoms with E-state index in [2.05, 4.69) is 21.2 Å². The molecule has 0 spiro atoms. The third kappa shape index (κ3) is 3.45. The third-order valence-corrected chi connectivity index (χ3v) is 3.53. The van der Waals surface area contributed by atoms with Crippen LogP contribution in [0.5, 0.6) is 0 Å². The molecule has 5 heteroatoms. The number of rotatable bonds is 3. The third-order valence-electron chi connectivity index (χ3n) is 2.73. The van der Waals surface area contributed by atoms with Gasteiger partial charge in [-0.1, -0.05) is 27.5 Å². The van der Waals surface area contributed by atoms with Gasteiger partial charge in [-0.2, -0.15) is 0 Å². The summed E-state index contributed by atoms with van der Waals surface area (Å²) < 4.78 is 27.6. The van der Waals surface area contributed by atoms with E-state index in [1.165, 1.54) is 6.07 Å². The summed E-state index contributed by atoms with van der Waals surface area (Å²) >= 11 is 9.38. The van der Waals surface area contributed by atoms with E-state index in [1.54, 1.807) is 19.1 Å². The second kappa shape index (κ2) is 5.88. The first-order chi connectivity index (χ1) is 8.97. The summed E-state index contributed by atoms with van der Waals surface area (Å²) in [6.45, 7) is 1.75. The summed E-state index contributed by atoms with van der Waals surface area (Å²) in [4.78, 5) is 0. The SMILES string of the molecule is CC(Nc1ccc(Br)cc1Cl)c1cc(F)ccc1F. The second-order valence-electron chi connectivity index (χ2n) is 4.16. The Balaban J connectivity index is 2.25. The van der Waals surface area contributed by atoms with Gasteiger partial charge in [-0.15, -0.1) is 0 Å². The van der Waals surface area contributed by atoms with Gasteiger partial charge in [-0.25, -0.2) is 8.78 Å². The highest BCUT2D eigenvalue weighted by molar-refractivity contribution is 9.10. The summed E-state index contributed by atoms with van der Waals surface area (Å²) in [6.07, 6.45) is 0. The van der Waals surface area contributed by atoms with Gasteiger partial charge in [0, 0.05) is 10.0 Å². The molecule has 1 nitrogen and oxygen atoms in total. The van der Waals surface area contributed by atoms with E-state index in [9.17, 15) is 8.78 Å². The Morgan fingerprint density at radius 1 is 1.16 bits per heavy atom. The lowest BCUT2D eigenvalue weighted by Crippen LogP contribution is -2.09.